The number of aliphatic carboxylic acids is 1. The van der Waals surface area contributed by atoms with Gasteiger partial charge in [0.2, 0.25) is 5.91 Å². The lowest BCUT2D eigenvalue weighted by atomic mass is 9.83. The second-order valence-corrected chi connectivity index (χ2v) is 17.4. The molecule has 358 valence electrons. The number of nitrogens with zero attached hydrogens (tertiary/aromatic N) is 2. The number of carbonyl (C=O) groups is 8. The largest absolute Gasteiger partial charge is 0.495 e. The molecule has 23 heteroatoms. The quantitative estimate of drug-likeness (QED) is 0.0482. The molecule has 3 aliphatic rings. The lowest BCUT2D eigenvalue weighted by Crippen LogP contribution is -2.63. The van der Waals surface area contributed by atoms with Crippen molar-refractivity contribution in [3.63, 3.8) is 0 Å². The summed E-state index contributed by atoms with van der Waals surface area (Å²) in [6.45, 7) is 6.56. The number of halogens is 1. The van der Waals surface area contributed by atoms with Gasteiger partial charge in [-0.15, -0.1) is 16.8 Å². The number of hydroxylamine groups is 2. The maximum Gasteiger partial charge on any atom is 0.409 e. The van der Waals surface area contributed by atoms with Gasteiger partial charge in [0.05, 0.1) is 30.4 Å². The van der Waals surface area contributed by atoms with Crippen molar-refractivity contribution in [3.8, 4) is 5.75 Å². The van der Waals surface area contributed by atoms with Gasteiger partial charge in [-0.05, 0) is 44.9 Å². The number of benzene rings is 1. The minimum Gasteiger partial charge on any atom is -0.495 e. The van der Waals surface area contributed by atoms with Crippen LogP contribution in [0.15, 0.2) is 42.0 Å². The number of carboxylic acids is 1. The molecule has 3 heterocycles. The van der Waals surface area contributed by atoms with Gasteiger partial charge >= 0.3 is 30.0 Å². The maximum absolute atomic E-state index is 13.6. The summed E-state index contributed by atoms with van der Waals surface area (Å²) >= 11 is 6.91. The number of alkyl carbamates (subject to hydrolysis) is 1. The predicted molar refractivity (Wildman–Crippen MR) is 231 cm³/mol. The van der Waals surface area contributed by atoms with Crippen molar-refractivity contribution in [1.29, 1.82) is 0 Å². The second-order valence-electron chi connectivity index (χ2n) is 16.0. The van der Waals surface area contributed by atoms with Gasteiger partial charge in [-0.3, -0.25) is 19.7 Å². The van der Waals surface area contributed by atoms with Crippen LogP contribution in [0.2, 0.25) is 5.02 Å². The normalized spacial score (nSPS) is 24.2. The third-order valence-electron chi connectivity index (χ3n) is 11.2. The number of likely N-dealkylation sites (N-methyl/N-ethyl adjacent to an activating group) is 1. The highest BCUT2D eigenvalue weighted by molar-refractivity contribution is 8.00. The summed E-state index contributed by atoms with van der Waals surface area (Å²) in [6.07, 6.45) is 0.115. The second kappa shape index (κ2) is 22.7. The van der Waals surface area contributed by atoms with E-state index in [-0.39, 0.29) is 31.4 Å². The number of ether oxygens (including phenoxy) is 5. The van der Waals surface area contributed by atoms with E-state index in [9.17, 15) is 48.6 Å². The van der Waals surface area contributed by atoms with Crippen LogP contribution >= 0.6 is 23.4 Å². The molecule has 65 heavy (non-hydrogen) atoms. The summed E-state index contributed by atoms with van der Waals surface area (Å²) < 4.78 is 28.4. The van der Waals surface area contributed by atoms with Gasteiger partial charge in [-0.2, -0.15) is 0 Å². The first-order valence-corrected chi connectivity index (χ1v) is 22.0. The van der Waals surface area contributed by atoms with Crippen LogP contribution < -0.4 is 20.7 Å². The fraction of sp³-hybridized carbons (Fsp3) is 0.571. The first kappa shape index (κ1) is 52.2. The van der Waals surface area contributed by atoms with Gasteiger partial charge in [0.25, 0.3) is 11.8 Å². The Balaban J connectivity index is 1.37. The first-order valence-electron chi connectivity index (χ1n) is 20.5. The molecule has 1 aromatic carbocycles. The first-order chi connectivity index (χ1) is 30.6. The summed E-state index contributed by atoms with van der Waals surface area (Å²) in [6, 6.07) is 1.61. The number of urea groups is 1. The molecular formula is C42H56ClN5O16S. The lowest BCUT2D eigenvalue weighted by molar-refractivity contribution is -0.195. The van der Waals surface area contributed by atoms with Gasteiger partial charge in [0.15, 0.2) is 5.72 Å². The van der Waals surface area contributed by atoms with Crippen LogP contribution in [-0.2, 0) is 59.0 Å². The van der Waals surface area contributed by atoms with E-state index in [0.29, 0.717) is 22.3 Å². The Morgan fingerprint density at radius 3 is 2.43 bits per heavy atom. The summed E-state index contributed by atoms with van der Waals surface area (Å²) in [5, 5.41) is 29.6. The molecule has 5 N–H and O–H groups in total. The van der Waals surface area contributed by atoms with E-state index in [0.717, 1.165) is 27.8 Å². The average molecular weight is 954 g/mol. The van der Waals surface area contributed by atoms with Crippen LogP contribution in [0.4, 0.5) is 9.59 Å². The zero-order valence-electron chi connectivity index (χ0n) is 37.2. The molecule has 0 aliphatic carbocycles. The highest BCUT2D eigenvalue weighted by atomic mass is 35.5. The molecule has 0 saturated carbocycles. The van der Waals surface area contributed by atoms with E-state index >= 15 is 0 Å². The van der Waals surface area contributed by atoms with E-state index in [1.165, 1.54) is 35.2 Å². The van der Waals surface area contributed by atoms with E-state index in [4.69, 9.17) is 40.1 Å². The number of hydrogen-bond donors (Lipinski definition) is 5. The Morgan fingerprint density at radius 1 is 1.14 bits per heavy atom. The number of nitrogens with one attached hydrogen (secondary N) is 3. The van der Waals surface area contributed by atoms with Gasteiger partial charge in [0, 0.05) is 52.1 Å². The summed E-state index contributed by atoms with van der Waals surface area (Å²) in [5.74, 6) is -6.14. The molecule has 1 aromatic rings. The Bertz CT molecular complexity index is 2040. The number of hydrogen-bond acceptors (Lipinski definition) is 16. The monoisotopic (exact) mass is 953 g/mol. The molecule has 4 rings (SSSR count). The molecule has 0 radical (unpaired) electrons. The number of esters is 1. The van der Waals surface area contributed by atoms with Crippen molar-refractivity contribution >= 4 is 71.1 Å². The minimum atomic E-state index is -1.93. The van der Waals surface area contributed by atoms with E-state index in [1.807, 2.05) is 25.1 Å². The van der Waals surface area contributed by atoms with Crippen molar-refractivity contribution in [2.24, 2.45) is 5.92 Å². The minimum absolute atomic E-state index is 0.101. The molecule has 0 aromatic heterocycles. The van der Waals surface area contributed by atoms with Crippen LogP contribution in [0.5, 0.6) is 5.75 Å². The number of thioether (sulfide) groups is 1. The number of cyclic esters (lactones) is 1. The number of epoxide rings is 1. The Labute approximate surface area is 384 Å². The summed E-state index contributed by atoms with van der Waals surface area (Å²) in [7, 11) is 5.51. The molecule has 9 atom stereocenters. The number of aliphatic hydroxyl groups is 1. The molecule has 3 saturated heterocycles. The van der Waals surface area contributed by atoms with Gasteiger partial charge < -0.3 is 54.3 Å². The topological polar surface area (TPSA) is 278 Å². The van der Waals surface area contributed by atoms with Crippen molar-refractivity contribution < 1.29 is 77.1 Å². The Morgan fingerprint density at radius 2 is 1.82 bits per heavy atom. The molecule has 0 spiro atoms. The van der Waals surface area contributed by atoms with E-state index < -0.39 is 107 Å². The molecule has 3 aliphatic heterocycles. The average Bonchev–Trinajstić information content (AvgIpc) is 3.86. The SMILES string of the molecule is CNC(=O)CC(OC(=O)C(C)N(C)C(=O)NC(CSCC(=O)ON1C(=O)CCC1=O)C(=O)O)C1(C)OC1C(C)C1CC(O)(C(/C=C/C=C(\C)Cc2ccc(Cl)c(OC)c2)OC)NC(=O)O1. The zero-order valence-corrected chi connectivity index (χ0v) is 38.8. The molecular weight excluding hydrogens is 898 g/mol. The molecule has 6 amide bonds. The van der Waals surface area contributed by atoms with Crippen LogP contribution in [0, 0.1) is 5.92 Å². The summed E-state index contributed by atoms with van der Waals surface area (Å²) in [5.41, 5.74) is -1.30. The fourth-order valence-electron chi connectivity index (χ4n) is 7.17. The van der Waals surface area contributed by atoms with Crippen molar-refractivity contribution in [2.45, 2.75) is 108 Å². The molecule has 0 bridgehead atoms. The number of rotatable bonds is 22. The highest BCUT2D eigenvalue weighted by Gasteiger charge is 2.64. The molecule has 9 unspecified atom stereocenters. The Kier molecular flexibility index (Phi) is 18.2. The number of allylic oxidation sites excluding steroid dienone is 3. The third kappa shape index (κ3) is 13.6. The van der Waals surface area contributed by atoms with Gasteiger partial charge in [-0.25, -0.2) is 24.0 Å². The van der Waals surface area contributed by atoms with Gasteiger partial charge in [-0.1, -0.05) is 48.4 Å². The number of imide groups is 1. The fourth-order valence-corrected chi connectivity index (χ4v) is 8.16. The number of amides is 6. The van der Waals surface area contributed by atoms with E-state index in [1.54, 1.807) is 32.1 Å². The van der Waals surface area contributed by atoms with Crippen LogP contribution in [-0.4, -0.2) is 156 Å². The van der Waals surface area contributed by atoms with Crippen molar-refractivity contribution in [2.75, 3.05) is 39.8 Å². The number of methoxy groups -OCH3 is 2. The van der Waals surface area contributed by atoms with Crippen molar-refractivity contribution in [1.82, 2.24) is 25.9 Å². The molecule has 21 nitrogen and oxygen atoms in total. The highest BCUT2D eigenvalue weighted by Crippen LogP contribution is 2.49. The standard InChI is InChI=1S/C42H56ClN5O16S/c1-22(16-25-12-13-26(43)28(17-25)59-7)10-9-11-30(60-8)42(58)19-29(61-40(57)46-42)23(2)36-41(4,63-36)31(18-32(49)44-5)62-38(55)24(3)47(6)39(56)45-27(37(53)54)20-65-21-35(52)64-48-33(50)14-15-34(48)51/h9-13,17,23-24,27,29-31,36,58H,14-16,18-21H2,1-8H3,(H,44,49)(H,45,56)(H,46,57)(H,53,54)/b11-9+,22-10+. The Hall–Kier alpha value is -5.42. The zero-order chi connectivity index (χ0) is 48.4. The smallest absolute Gasteiger partial charge is 0.409 e. The third-order valence-corrected chi connectivity index (χ3v) is 12.5. The summed E-state index contributed by atoms with van der Waals surface area (Å²) in [4.78, 5) is 105. The van der Waals surface area contributed by atoms with Crippen LogP contribution in [0.1, 0.15) is 58.9 Å². The van der Waals surface area contributed by atoms with Crippen LogP contribution in [0.25, 0.3) is 0 Å². The molecule has 3 fully saturated rings. The van der Waals surface area contributed by atoms with Gasteiger partial charge in [0.1, 0.15) is 41.7 Å². The maximum atomic E-state index is 13.6. The predicted octanol–water partition coefficient (Wildman–Crippen LogP) is 2.26. The number of carbonyl (C=O) groups excluding carboxylic acids is 7. The van der Waals surface area contributed by atoms with Crippen LogP contribution in [0.3, 0.4) is 0 Å². The van der Waals surface area contributed by atoms with Crippen molar-refractivity contribution in [3.05, 3.63) is 52.6 Å². The lowest BCUT2D eigenvalue weighted by Gasteiger charge is -2.42. The van der Waals surface area contributed by atoms with E-state index in [2.05, 4.69) is 16.0 Å². The number of carboxylic acid groups (broad SMARTS) is 1.